The Balaban J connectivity index is 1.90. The van der Waals surface area contributed by atoms with Gasteiger partial charge in [-0.25, -0.2) is 0 Å². The Labute approximate surface area is 108 Å². The van der Waals surface area contributed by atoms with Gasteiger partial charge in [-0.05, 0) is 38.1 Å². The second-order valence-corrected chi connectivity index (χ2v) is 5.03. The highest BCUT2D eigenvalue weighted by Crippen LogP contribution is 2.28. The van der Waals surface area contributed by atoms with Crippen LogP contribution in [-0.4, -0.2) is 24.5 Å². The van der Waals surface area contributed by atoms with E-state index in [1.165, 1.54) is 24.6 Å². The first-order valence-corrected chi connectivity index (χ1v) is 6.81. The van der Waals surface area contributed by atoms with Crippen molar-refractivity contribution in [1.82, 2.24) is 4.90 Å². The summed E-state index contributed by atoms with van der Waals surface area (Å²) in [6.45, 7) is 2.90. The molecule has 0 saturated carbocycles. The molecule has 1 aromatic heterocycles. The van der Waals surface area contributed by atoms with Crippen molar-refractivity contribution >= 4 is 11.0 Å². The SMILES string of the molecule is NCC(c1cc2ccccc2o1)N1CCCCC1. The van der Waals surface area contributed by atoms with Crippen LogP contribution >= 0.6 is 0 Å². The molecule has 1 aliphatic heterocycles. The molecule has 3 heteroatoms. The molecule has 1 aliphatic rings. The summed E-state index contributed by atoms with van der Waals surface area (Å²) in [5.74, 6) is 1.01. The van der Waals surface area contributed by atoms with Gasteiger partial charge in [0.05, 0.1) is 6.04 Å². The lowest BCUT2D eigenvalue weighted by Crippen LogP contribution is -2.37. The molecule has 2 N–H and O–H groups in total. The van der Waals surface area contributed by atoms with E-state index in [1.807, 2.05) is 18.2 Å². The number of fused-ring (bicyclic) bond motifs is 1. The molecule has 0 amide bonds. The Morgan fingerprint density at radius 3 is 2.67 bits per heavy atom. The van der Waals surface area contributed by atoms with Crippen LogP contribution in [0.25, 0.3) is 11.0 Å². The Hall–Kier alpha value is -1.32. The van der Waals surface area contributed by atoms with Crippen LogP contribution in [0.1, 0.15) is 31.1 Å². The number of nitrogens with two attached hydrogens (primary N) is 1. The van der Waals surface area contributed by atoms with Crippen LogP contribution in [0.4, 0.5) is 0 Å². The topological polar surface area (TPSA) is 42.4 Å². The molecule has 2 heterocycles. The first kappa shape index (κ1) is 11.8. The molecule has 1 atom stereocenters. The largest absolute Gasteiger partial charge is 0.459 e. The lowest BCUT2D eigenvalue weighted by molar-refractivity contribution is 0.151. The molecule has 3 rings (SSSR count). The first-order valence-electron chi connectivity index (χ1n) is 6.81. The quantitative estimate of drug-likeness (QED) is 0.902. The van der Waals surface area contributed by atoms with Gasteiger partial charge in [-0.1, -0.05) is 24.6 Å². The summed E-state index contributed by atoms with van der Waals surface area (Å²) in [7, 11) is 0. The Morgan fingerprint density at radius 1 is 1.17 bits per heavy atom. The van der Waals surface area contributed by atoms with Crippen molar-refractivity contribution in [2.45, 2.75) is 25.3 Å². The van der Waals surface area contributed by atoms with Gasteiger partial charge in [0.2, 0.25) is 0 Å². The summed E-state index contributed by atoms with van der Waals surface area (Å²) in [5.41, 5.74) is 6.92. The third kappa shape index (κ3) is 2.16. The Morgan fingerprint density at radius 2 is 1.94 bits per heavy atom. The third-order valence-corrected chi connectivity index (χ3v) is 3.83. The van der Waals surface area contributed by atoms with E-state index in [2.05, 4.69) is 17.0 Å². The van der Waals surface area contributed by atoms with Gasteiger partial charge in [0.25, 0.3) is 0 Å². The molecule has 0 radical (unpaired) electrons. The minimum Gasteiger partial charge on any atom is -0.459 e. The predicted molar refractivity (Wildman–Crippen MR) is 73.4 cm³/mol. The van der Waals surface area contributed by atoms with E-state index in [-0.39, 0.29) is 6.04 Å². The number of furan rings is 1. The second-order valence-electron chi connectivity index (χ2n) is 5.03. The van der Waals surface area contributed by atoms with Gasteiger partial charge in [-0.2, -0.15) is 0 Å². The number of para-hydroxylation sites is 1. The van der Waals surface area contributed by atoms with Gasteiger partial charge in [0, 0.05) is 11.9 Å². The Bertz CT molecular complexity index is 481. The van der Waals surface area contributed by atoms with E-state index >= 15 is 0 Å². The summed E-state index contributed by atoms with van der Waals surface area (Å²) < 4.78 is 5.95. The lowest BCUT2D eigenvalue weighted by atomic mass is 10.1. The molecule has 1 aromatic carbocycles. The molecule has 1 saturated heterocycles. The number of hydrogen-bond acceptors (Lipinski definition) is 3. The van der Waals surface area contributed by atoms with Crippen molar-refractivity contribution in [3.63, 3.8) is 0 Å². The van der Waals surface area contributed by atoms with E-state index in [0.29, 0.717) is 6.54 Å². The normalized spacial score (nSPS) is 19.2. The summed E-state index contributed by atoms with van der Waals surface area (Å²) >= 11 is 0. The van der Waals surface area contributed by atoms with E-state index in [9.17, 15) is 0 Å². The Kier molecular flexibility index (Phi) is 3.35. The van der Waals surface area contributed by atoms with Crippen LogP contribution in [0.3, 0.4) is 0 Å². The van der Waals surface area contributed by atoms with Crippen LogP contribution < -0.4 is 5.73 Å². The van der Waals surface area contributed by atoms with Crippen molar-refractivity contribution in [2.24, 2.45) is 5.73 Å². The highest BCUT2D eigenvalue weighted by Gasteiger charge is 2.23. The highest BCUT2D eigenvalue weighted by molar-refractivity contribution is 5.77. The van der Waals surface area contributed by atoms with Gasteiger partial charge in [0.15, 0.2) is 0 Å². The van der Waals surface area contributed by atoms with Crippen LogP contribution in [0, 0.1) is 0 Å². The van der Waals surface area contributed by atoms with Crippen molar-refractivity contribution in [1.29, 1.82) is 0 Å². The standard InChI is InChI=1S/C15H20N2O/c16-11-13(17-8-4-1-5-9-17)15-10-12-6-2-3-7-14(12)18-15/h2-3,6-7,10,13H,1,4-5,8-9,11,16H2. The zero-order valence-corrected chi connectivity index (χ0v) is 10.6. The maximum atomic E-state index is 5.96. The van der Waals surface area contributed by atoms with Crippen LogP contribution in [0.2, 0.25) is 0 Å². The van der Waals surface area contributed by atoms with Gasteiger partial charge in [-0.3, -0.25) is 4.90 Å². The molecule has 0 spiro atoms. The first-order chi connectivity index (χ1) is 8.88. The zero-order chi connectivity index (χ0) is 12.4. The number of benzene rings is 1. The van der Waals surface area contributed by atoms with Crippen molar-refractivity contribution < 1.29 is 4.42 Å². The molecule has 2 aromatic rings. The van der Waals surface area contributed by atoms with Crippen LogP contribution in [0.5, 0.6) is 0 Å². The van der Waals surface area contributed by atoms with E-state index in [0.717, 1.165) is 24.4 Å². The van der Waals surface area contributed by atoms with Crippen molar-refractivity contribution in [3.8, 4) is 0 Å². The molecule has 3 nitrogen and oxygen atoms in total. The van der Waals surface area contributed by atoms with E-state index < -0.39 is 0 Å². The van der Waals surface area contributed by atoms with Gasteiger partial charge in [-0.15, -0.1) is 0 Å². The van der Waals surface area contributed by atoms with Crippen molar-refractivity contribution in [2.75, 3.05) is 19.6 Å². The monoisotopic (exact) mass is 244 g/mol. The molecule has 18 heavy (non-hydrogen) atoms. The fourth-order valence-corrected chi connectivity index (χ4v) is 2.84. The maximum Gasteiger partial charge on any atom is 0.134 e. The number of hydrogen-bond donors (Lipinski definition) is 1. The number of piperidine rings is 1. The minimum absolute atomic E-state index is 0.234. The fourth-order valence-electron chi connectivity index (χ4n) is 2.84. The fraction of sp³-hybridized carbons (Fsp3) is 0.467. The summed E-state index contributed by atoms with van der Waals surface area (Å²) in [6.07, 6.45) is 3.89. The maximum absolute atomic E-state index is 5.96. The second kappa shape index (κ2) is 5.12. The highest BCUT2D eigenvalue weighted by atomic mass is 16.3. The number of likely N-dealkylation sites (tertiary alicyclic amines) is 1. The van der Waals surface area contributed by atoms with Crippen LogP contribution in [-0.2, 0) is 0 Å². The predicted octanol–water partition coefficient (Wildman–Crippen LogP) is 2.92. The third-order valence-electron chi connectivity index (χ3n) is 3.83. The average molecular weight is 244 g/mol. The lowest BCUT2D eigenvalue weighted by Gasteiger charge is -2.32. The zero-order valence-electron chi connectivity index (χ0n) is 10.6. The van der Waals surface area contributed by atoms with Gasteiger partial charge < -0.3 is 10.2 Å². The van der Waals surface area contributed by atoms with Gasteiger partial charge in [0.1, 0.15) is 11.3 Å². The van der Waals surface area contributed by atoms with Gasteiger partial charge >= 0.3 is 0 Å². The summed E-state index contributed by atoms with van der Waals surface area (Å²) in [5, 5.41) is 1.17. The molecule has 0 bridgehead atoms. The van der Waals surface area contributed by atoms with E-state index in [1.54, 1.807) is 0 Å². The molecule has 1 fully saturated rings. The van der Waals surface area contributed by atoms with Crippen LogP contribution in [0.15, 0.2) is 34.7 Å². The summed E-state index contributed by atoms with van der Waals surface area (Å²) in [6, 6.07) is 10.5. The summed E-state index contributed by atoms with van der Waals surface area (Å²) in [4.78, 5) is 2.46. The molecular weight excluding hydrogens is 224 g/mol. The minimum atomic E-state index is 0.234. The molecule has 96 valence electrons. The number of rotatable bonds is 3. The molecule has 0 aliphatic carbocycles. The number of nitrogens with zero attached hydrogens (tertiary/aromatic N) is 1. The average Bonchev–Trinajstić information content (AvgIpc) is 2.84. The van der Waals surface area contributed by atoms with Crippen molar-refractivity contribution in [3.05, 3.63) is 36.1 Å². The molecule has 1 unspecified atom stereocenters. The smallest absolute Gasteiger partial charge is 0.134 e. The van der Waals surface area contributed by atoms with E-state index in [4.69, 9.17) is 10.2 Å². The molecular formula is C15H20N2O.